The Bertz CT molecular complexity index is 55.6. The summed E-state index contributed by atoms with van der Waals surface area (Å²) in [4.78, 5) is 0. The molecule has 0 amide bonds. The van der Waals surface area contributed by atoms with E-state index in [1.165, 1.54) is 0 Å². The molecule has 3 nitrogen and oxygen atoms in total. The van der Waals surface area contributed by atoms with Crippen LogP contribution in [-0.4, -0.2) is 36.7 Å². The highest BCUT2D eigenvalue weighted by Gasteiger charge is 1.94. The van der Waals surface area contributed by atoms with Gasteiger partial charge in [-0.2, -0.15) is 0 Å². The van der Waals surface area contributed by atoms with Crippen LogP contribution in [0.25, 0.3) is 0 Å². The van der Waals surface area contributed by atoms with Gasteiger partial charge in [-0.15, -0.1) is 0 Å². The van der Waals surface area contributed by atoms with Crippen molar-refractivity contribution < 1.29 is 13.6 Å². The normalized spacial score (nSPS) is 9.27. The Hall–Kier alpha value is 0.0969. The van der Waals surface area contributed by atoms with Gasteiger partial charge in [0.25, 0.3) is 0 Å². The summed E-state index contributed by atoms with van der Waals surface area (Å²) in [6.45, 7) is 7.64. The van der Waals surface area contributed by atoms with Crippen LogP contribution in [0, 0.1) is 0 Å². The first-order chi connectivity index (χ1) is 5.22. The van der Waals surface area contributed by atoms with Gasteiger partial charge in [0.2, 0.25) is 0 Å². The average Bonchev–Trinajstić information content (AvgIpc) is 2.06. The maximum Gasteiger partial charge on any atom is 0.317 e. The Kier molecular flexibility index (Phi) is 15.8. The predicted molar refractivity (Wildman–Crippen MR) is 49.2 cm³/mol. The quantitative estimate of drug-likeness (QED) is 0.608. The predicted octanol–water partition coefficient (Wildman–Crippen LogP) is 1.17. The molecule has 0 aromatic rings. The van der Waals surface area contributed by atoms with E-state index < -0.39 is 9.28 Å². The maximum atomic E-state index is 4.83. The molecular formula is C7H20O3Si. The summed E-state index contributed by atoms with van der Waals surface area (Å²) in [7, 11) is 2.17. The van der Waals surface area contributed by atoms with E-state index in [9.17, 15) is 0 Å². The van der Waals surface area contributed by atoms with Crippen LogP contribution in [0.2, 0.25) is 6.55 Å². The fourth-order valence-corrected chi connectivity index (χ4v) is 0.493. The van der Waals surface area contributed by atoms with Gasteiger partial charge in [0.05, 0.1) is 0 Å². The molecule has 70 valence electrons. The minimum atomic E-state index is -1.16. The standard InChI is InChI=1S/C4H10O.C3H10O2Si/c1-3-5-4-2;1-4-6(3)5-2/h3-4H2,1-2H3;6H,1-3H3. The van der Waals surface area contributed by atoms with E-state index in [2.05, 4.69) is 0 Å². The summed E-state index contributed by atoms with van der Waals surface area (Å²) in [6, 6.07) is 0. The average molecular weight is 180 g/mol. The zero-order valence-corrected chi connectivity index (χ0v) is 9.37. The van der Waals surface area contributed by atoms with Crippen molar-refractivity contribution in [2.45, 2.75) is 20.4 Å². The topological polar surface area (TPSA) is 27.7 Å². The first-order valence-corrected chi connectivity index (χ1v) is 5.95. The van der Waals surface area contributed by atoms with E-state index in [1.54, 1.807) is 14.2 Å². The van der Waals surface area contributed by atoms with Gasteiger partial charge in [0.15, 0.2) is 0 Å². The van der Waals surface area contributed by atoms with E-state index in [0.717, 1.165) is 13.2 Å². The number of hydrogen-bond donors (Lipinski definition) is 0. The zero-order valence-electron chi connectivity index (χ0n) is 8.22. The molecule has 0 radical (unpaired) electrons. The largest absolute Gasteiger partial charge is 0.400 e. The molecule has 0 heterocycles. The van der Waals surface area contributed by atoms with Gasteiger partial charge in [0.1, 0.15) is 0 Å². The lowest BCUT2D eigenvalue weighted by Gasteiger charge is -2.00. The van der Waals surface area contributed by atoms with Crippen molar-refractivity contribution in [1.82, 2.24) is 0 Å². The van der Waals surface area contributed by atoms with E-state index in [4.69, 9.17) is 13.6 Å². The summed E-state index contributed by atoms with van der Waals surface area (Å²) in [5.74, 6) is 0. The minimum Gasteiger partial charge on any atom is -0.400 e. The lowest BCUT2D eigenvalue weighted by Crippen LogP contribution is -2.12. The van der Waals surface area contributed by atoms with Gasteiger partial charge in [-0.25, -0.2) is 0 Å². The van der Waals surface area contributed by atoms with Gasteiger partial charge in [-0.05, 0) is 20.4 Å². The summed E-state index contributed by atoms with van der Waals surface area (Å²) >= 11 is 0. The van der Waals surface area contributed by atoms with Crippen LogP contribution in [0.4, 0.5) is 0 Å². The molecule has 0 atom stereocenters. The van der Waals surface area contributed by atoms with Crippen LogP contribution < -0.4 is 0 Å². The van der Waals surface area contributed by atoms with Gasteiger partial charge < -0.3 is 13.6 Å². The van der Waals surface area contributed by atoms with Gasteiger partial charge in [0, 0.05) is 27.4 Å². The lowest BCUT2D eigenvalue weighted by atomic mass is 10.8. The highest BCUT2D eigenvalue weighted by atomic mass is 28.3. The molecule has 0 bridgehead atoms. The van der Waals surface area contributed by atoms with Crippen molar-refractivity contribution in [3.05, 3.63) is 0 Å². The zero-order chi connectivity index (χ0) is 9.11. The van der Waals surface area contributed by atoms with Crippen LogP contribution in [0.3, 0.4) is 0 Å². The molecule has 0 spiro atoms. The summed E-state index contributed by atoms with van der Waals surface area (Å²) in [6.07, 6.45) is 0. The SMILES string of the molecule is CCOCC.CO[SiH](C)OC. The van der Waals surface area contributed by atoms with Crippen molar-refractivity contribution >= 4 is 9.28 Å². The van der Waals surface area contributed by atoms with Crippen molar-refractivity contribution in [3.63, 3.8) is 0 Å². The molecule has 0 aromatic carbocycles. The first-order valence-electron chi connectivity index (χ1n) is 3.86. The first kappa shape index (κ1) is 13.7. The third-order valence-electron chi connectivity index (χ3n) is 1.07. The number of rotatable bonds is 4. The van der Waals surface area contributed by atoms with Crippen LogP contribution in [0.15, 0.2) is 0 Å². The monoisotopic (exact) mass is 180 g/mol. The summed E-state index contributed by atoms with van der Waals surface area (Å²) < 4.78 is 14.5. The summed E-state index contributed by atoms with van der Waals surface area (Å²) in [5.41, 5.74) is 0. The Morgan fingerprint density at radius 1 is 1.00 bits per heavy atom. The molecule has 0 aliphatic carbocycles. The Labute approximate surface area is 71.5 Å². The van der Waals surface area contributed by atoms with Crippen molar-refractivity contribution in [2.75, 3.05) is 27.4 Å². The van der Waals surface area contributed by atoms with Crippen molar-refractivity contribution in [3.8, 4) is 0 Å². The molecule has 0 N–H and O–H groups in total. The van der Waals surface area contributed by atoms with E-state index >= 15 is 0 Å². The molecule has 0 aromatic heterocycles. The molecule has 0 rings (SSSR count). The summed E-state index contributed by atoms with van der Waals surface area (Å²) in [5, 5.41) is 0. The molecule has 0 fully saturated rings. The molecule has 0 aliphatic heterocycles. The van der Waals surface area contributed by atoms with Gasteiger partial charge in [-0.1, -0.05) is 0 Å². The Morgan fingerprint density at radius 2 is 1.36 bits per heavy atom. The van der Waals surface area contributed by atoms with E-state index in [-0.39, 0.29) is 0 Å². The minimum absolute atomic E-state index is 0.844. The molecular weight excluding hydrogens is 160 g/mol. The van der Waals surface area contributed by atoms with Gasteiger partial charge in [-0.3, -0.25) is 0 Å². The fourth-order valence-electron chi connectivity index (χ4n) is 0.300. The molecule has 0 saturated carbocycles. The highest BCUT2D eigenvalue weighted by molar-refractivity contribution is 6.42. The molecule has 4 heteroatoms. The second kappa shape index (κ2) is 12.7. The Balaban J connectivity index is 0. The molecule has 0 unspecified atom stereocenters. The fraction of sp³-hybridized carbons (Fsp3) is 1.00. The third kappa shape index (κ3) is 17.8. The van der Waals surface area contributed by atoms with Crippen LogP contribution in [0.5, 0.6) is 0 Å². The van der Waals surface area contributed by atoms with Crippen LogP contribution in [-0.2, 0) is 13.6 Å². The van der Waals surface area contributed by atoms with Crippen LogP contribution >= 0.6 is 0 Å². The lowest BCUT2D eigenvalue weighted by molar-refractivity contribution is 0.162. The molecule has 11 heavy (non-hydrogen) atoms. The van der Waals surface area contributed by atoms with E-state index in [0.29, 0.717) is 0 Å². The van der Waals surface area contributed by atoms with E-state index in [1.807, 2.05) is 20.4 Å². The third-order valence-corrected chi connectivity index (χ3v) is 2.40. The van der Waals surface area contributed by atoms with Crippen molar-refractivity contribution in [2.24, 2.45) is 0 Å². The second-order valence-electron chi connectivity index (χ2n) is 1.82. The van der Waals surface area contributed by atoms with Crippen molar-refractivity contribution in [1.29, 1.82) is 0 Å². The highest BCUT2D eigenvalue weighted by Crippen LogP contribution is 1.77. The molecule has 0 aliphatic rings. The van der Waals surface area contributed by atoms with Crippen LogP contribution in [0.1, 0.15) is 13.8 Å². The number of ether oxygens (including phenoxy) is 1. The number of hydrogen-bond acceptors (Lipinski definition) is 3. The second-order valence-corrected chi connectivity index (χ2v) is 3.90. The maximum absolute atomic E-state index is 4.83. The Morgan fingerprint density at radius 3 is 1.36 bits per heavy atom. The van der Waals surface area contributed by atoms with Gasteiger partial charge >= 0.3 is 9.28 Å². The molecule has 0 saturated heterocycles. The smallest absolute Gasteiger partial charge is 0.317 e.